The van der Waals surface area contributed by atoms with Crippen molar-refractivity contribution < 1.29 is 4.92 Å². The first-order chi connectivity index (χ1) is 10.1. The van der Waals surface area contributed by atoms with Crippen molar-refractivity contribution in [1.82, 2.24) is 10.2 Å². The van der Waals surface area contributed by atoms with Crippen molar-refractivity contribution in [2.45, 2.75) is 12.6 Å². The molecule has 1 atom stereocenters. The molecule has 0 aliphatic rings. The van der Waals surface area contributed by atoms with Crippen LogP contribution in [0.3, 0.4) is 0 Å². The molecule has 0 radical (unpaired) electrons. The van der Waals surface area contributed by atoms with Gasteiger partial charge in [-0.3, -0.25) is 10.1 Å². The predicted molar refractivity (Wildman–Crippen MR) is 85.6 cm³/mol. The second kappa shape index (κ2) is 7.31. The predicted octanol–water partition coefficient (Wildman–Crippen LogP) is 3.05. The summed E-state index contributed by atoms with van der Waals surface area (Å²) in [5.74, 6) is 0. The summed E-state index contributed by atoms with van der Waals surface area (Å²) < 4.78 is 0. The van der Waals surface area contributed by atoms with Crippen molar-refractivity contribution in [2.75, 3.05) is 20.6 Å². The Hall–Kier alpha value is -1.76. The smallest absolute Gasteiger partial charge is 0.311 e. The minimum atomic E-state index is -0.346. The summed E-state index contributed by atoms with van der Waals surface area (Å²) in [5, 5.41) is 16.1. The Morgan fingerprint density at radius 2 is 2.05 bits per heavy atom. The Bertz CT molecular complexity index is 584. The number of nitro groups is 1. The van der Waals surface area contributed by atoms with Gasteiger partial charge in [0.15, 0.2) is 0 Å². The van der Waals surface area contributed by atoms with Crippen LogP contribution in [0.4, 0.5) is 5.00 Å². The number of hydrogen-bond donors (Lipinski definition) is 1. The summed E-state index contributed by atoms with van der Waals surface area (Å²) in [5.41, 5.74) is 2.21. The van der Waals surface area contributed by atoms with Crippen LogP contribution in [-0.4, -0.2) is 30.5 Å². The number of rotatable bonds is 7. The van der Waals surface area contributed by atoms with E-state index in [1.165, 1.54) is 16.9 Å². The van der Waals surface area contributed by atoms with E-state index in [9.17, 15) is 10.1 Å². The average molecular weight is 305 g/mol. The van der Waals surface area contributed by atoms with Crippen LogP contribution in [-0.2, 0) is 6.54 Å². The highest BCUT2D eigenvalue weighted by Gasteiger charge is 2.14. The molecule has 1 unspecified atom stereocenters. The quantitative estimate of drug-likeness (QED) is 0.631. The zero-order valence-corrected chi connectivity index (χ0v) is 13.0. The molecule has 5 nitrogen and oxygen atoms in total. The third kappa shape index (κ3) is 4.35. The second-order valence-corrected chi connectivity index (χ2v) is 5.96. The first kappa shape index (κ1) is 15.6. The molecule has 1 N–H and O–H groups in total. The third-order valence-corrected chi connectivity index (χ3v) is 4.22. The van der Waals surface area contributed by atoms with E-state index in [1.807, 2.05) is 23.6 Å². The summed E-state index contributed by atoms with van der Waals surface area (Å²) in [6, 6.07) is 12.2. The molecule has 112 valence electrons. The Balaban J connectivity index is 1.92. The summed E-state index contributed by atoms with van der Waals surface area (Å²) in [4.78, 5) is 12.5. The first-order valence-electron chi connectivity index (χ1n) is 6.72. The molecule has 0 saturated carbocycles. The molecule has 1 aromatic carbocycles. The Morgan fingerprint density at radius 1 is 1.33 bits per heavy atom. The summed E-state index contributed by atoms with van der Waals surface area (Å²) in [6.45, 7) is 1.43. The van der Waals surface area contributed by atoms with Crippen LogP contribution in [0.1, 0.15) is 17.2 Å². The van der Waals surface area contributed by atoms with E-state index in [2.05, 4.69) is 36.4 Å². The Labute approximate surface area is 128 Å². The highest BCUT2D eigenvalue weighted by Crippen LogP contribution is 2.22. The fourth-order valence-electron chi connectivity index (χ4n) is 2.18. The molecule has 1 aromatic heterocycles. The summed E-state index contributed by atoms with van der Waals surface area (Å²) in [6.07, 6.45) is 0. The topological polar surface area (TPSA) is 58.4 Å². The first-order valence-corrected chi connectivity index (χ1v) is 7.60. The number of thiophene rings is 1. The van der Waals surface area contributed by atoms with E-state index < -0.39 is 0 Å². The average Bonchev–Trinajstić information content (AvgIpc) is 2.93. The van der Waals surface area contributed by atoms with E-state index in [1.54, 1.807) is 6.07 Å². The standard InChI is InChI=1S/C15H19N3O2S/c1-17(2)14(13-6-4-3-5-7-13)10-16-9-12-8-15(18(19)20)21-11-12/h3-8,11,14,16H,9-10H2,1-2H3. The van der Waals surface area contributed by atoms with Gasteiger partial charge in [0.2, 0.25) is 0 Å². The van der Waals surface area contributed by atoms with Gasteiger partial charge < -0.3 is 10.2 Å². The Morgan fingerprint density at radius 3 is 2.62 bits per heavy atom. The lowest BCUT2D eigenvalue weighted by Crippen LogP contribution is -2.30. The molecule has 0 amide bonds. The van der Waals surface area contributed by atoms with Crippen LogP contribution in [0.5, 0.6) is 0 Å². The number of nitrogens with zero attached hydrogens (tertiary/aromatic N) is 2. The number of benzene rings is 1. The molecule has 2 rings (SSSR count). The lowest BCUT2D eigenvalue weighted by molar-refractivity contribution is -0.380. The molecule has 0 bridgehead atoms. The number of likely N-dealkylation sites (N-methyl/N-ethyl adjacent to an activating group) is 1. The zero-order chi connectivity index (χ0) is 15.2. The van der Waals surface area contributed by atoms with Gasteiger partial charge in [-0.1, -0.05) is 41.7 Å². The molecule has 1 heterocycles. The summed E-state index contributed by atoms with van der Waals surface area (Å²) in [7, 11) is 4.10. The van der Waals surface area contributed by atoms with Crippen LogP contribution in [0, 0.1) is 10.1 Å². The normalized spacial score (nSPS) is 12.5. The van der Waals surface area contributed by atoms with Gasteiger partial charge >= 0.3 is 5.00 Å². The van der Waals surface area contributed by atoms with Crippen LogP contribution in [0.25, 0.3) is 0 Å². The third-order valence-electron chi connectivity index (χ3n) is 3.29. The number of nitrogens with one attached hydrogen (secondary N) is 1. The van der Waals surface area contributed by atoms with Gasteiger partial charge in [-0.05, 0) is 25.2 Å². The Kier molecular flexibility index (Phi) is 5.44. The SMILES string of the molecule is CN(C)C(CNCc1csc([N+](=O)[O-])c1)c1ccccc1. The molecule has 0 saturated heterocycles. The van der Waals surface area contributed by atoms with Crippen molar-refractivity contribution in [3.8, 4) is 0 Å². The van der Waals surface area contributed by atoms with E-state index in [4.69, 9.17) is 0 Å². The highest BCUT2D eigenvalue weighted by atomic mass is 32.1. The van der Waals surface area contributed by atoms with Crippen molar-refractivity contribution in [2.24, 2.45) is 0 Å². The largest absolute Gasteiger partial charge is 0.324 e. The molecule has 0 spiro atoms. The highest BCUT2D eigenvalue weighted by molar-refractivity contribution is 7.13. The van der Waals surface area contributed by atoms with Crippen molar-refractivity contribution in [1.29, 1.82) is 0 Å². The van der Waals surface area contributed by atoms with E-state index in [0.29, 0.717) is 6.54 Å². The van der Waals surface area contributed by atoms with Crippen LogP contribution >= 0.6 is 11.3 Å². The van der Waals surface area contributed by atoms with Gasteiger partial charge in [-0.15, -0.1) is 0 Å². The van der Waals surface area contributed by atoms with Crippen LogP contribution < -0.4 is 5.32 Å². The van der Waals surface area contributed by atoms with Gasteiger partial charge in [0.25, 0.3) is 0 Å². The van der Waals surface area contributed by atoms with Gasteiger partial charge in [-0.2, -0.15) is 0 Å². The molecular weight excluding hydrogens is 286 g/mol. The molecular formula is C15H19N3O2S. The lowest BCUT2D eigenvalue weighted by atomic mass is 10.1. The van der Waals surface area contributed by atoms with Gasteiger partial charge in [-0.25, -0.2) is 0 Å². The van der Waals surface area contributed by atoms with E-state index in [0.717, 1.165) is 12.1 Å². The van der Waals surface area contributed by atoms with E-state index in [-0.39, 0.29) is 16.0 Å². The van der Waals surface area contributed by atoms with Crippen molar-refractivity contribution >= 4 is 16.3 Å². The monoisotopic (exact) mass is 305 g/mol. The maximum Gasteiger partial charge on any atom is 0.324 e. The van der Waals surface area contributed by atoms with Gasteiger partial charge in [0.05, 0.1) is 4.92 Å². The molecule has 0 aliphatic heterocycles. The minimum absolute atomic E-state index is 0.194. The number of hydrogen-bond acceptors (Lipinski definition) is 5. The van der Waals surface area contributed by atoms with Crippen molar-refractivity contribution in [3.05, 3.63) is 63.0 Å². The minimum Gasteiger partial charge on any atom is -0.311 e. The van der Waals surface area contributed by atoms with Crippen molar-refractivity contribution in [3.63, 3.8) is 0 Å². The maximum atomic E-state index is 10.7. The fraction of sp³-hybridized carbons (Fsp3) is 0.333. The van der Waals surface area contributed by atoms with Gasteiger partial charge in [0.1, 0.15) is 0 Å². The molecule has 21 heavy (non-hydrogen) atoms. The van der Waals surface area contributed by atoms with Crippen LogP contribution in [0.15, 0.2) is 41.8 Å². The maximum absolute atomic E-state index is 10.7. The molecule has 0 fully saturated rings. The zero-order valence-electron chi connectivity index (χ0n) is 12.2. The van der Waals surface area contributed by atoms with Gasteiger partial charge in [0, 0.05) is 30.6 Å². The second-order valence-electron chi connectivity index (χ2n) is 5.07. The molecule has 6 heteroatoms. The lowest BCUT2D eigenvalue weighted by Gasteiger charge is -2.25. The van der Waals surface area contributed by atoms with E-state index >= 15 is 0 Å². The molecule has 0 aliphatic carbocycles. The fourth-order valence-corrected chi connectivity index (χ4v) is 2.91. The summed E-state index contributed by atoms with van der Waals surface area (Å²) >= 11 is 1.17. The van der Waals surface area contributed by atoms with Crippen LogP contribution in [0.2, 0.25) is 0 Å². The molecule has 2 aromatic rings.